The van der Waals surface area contributed by atoms with E-state index in [4.69, 9.17) is 14.6 Å². The van der Waals surface area contributed by atoms with Gasteiger partial charge < -0.3 is 9.47 Å². The number of hydrazone groups is 1. The number of benzene rings is 3. The minimum absolute atomic E-state index is 0.123. The fourth-order valence-corrected chi connectivity index (χ4v) is 3.63. The van der Waals surface area contributed by atoms with Crippen molar-refractivity contribution in [2.45, 2.75) is 19.4 Å². The van der Waals surface area contributed by atoms with E-state index in [1.54, 1.807) is 0 Å². The lowest BCUT2D eigenvalue weighted by Gasteiger charge is -2.24. The van der Waals surface area contributed by atoms with E-state index in [0.717, 1.165) is 34.9 Å². The SMILES string of the molecule is Cc1ccc(N2N=C(c3ccccc3)CC2c2ccc3c(c2)OCO3)cc1. The van der Waals surface area contributed by atoms with Crippen LogP contribution in [0.1, 0.15) is 29.2 Å². The average molecular weight is 356 g/mol. The standard InChI is InChI=1S/C23H20N2O2/c1-16-7-10-19(11-8-16)25-21(14-20(24-25)17-5-3-2-4-6-17)18-9-12-22-23(13-18)27-15-26-22/h2-13,21H,14-15H2,1H3. The van der Waals surface area contributed by atoms with E-state index in [1.807, 2.05) is 12.1 Å². The van der Waals surface area contributed by atoms with Crippen molar-refractivity contribution in [3.05, 3.63) is 89.5 Å². The summed E-state index contributed by atoms with van der Waals surface area (Å²) < 4.78 is 11.1. The molecule has 0 spiro atoms. The van der Waals surface area contributed by atoms with Crippen LogP contribution in [0.2, 0.25) is 0 Å². The van der Waals surface area contributed by atoms with Crippen molar-refractivity contribution in [1.82, 2.24) is 0 Å². The molecule has 3 aromatic carbocycles. The largest absolute Gasteiger partial charge is 0.454 e. The molecule has 4 nitrogen and oxygen atoms in total. The van der Waals surface area contributed by atoms with Crippen molar-refractivity contribution in [1.29, 1.82) is 0 Å². The summed E-state index contributed by atoms with van der Waals surface area (Å²) in [5, 5.41) is 7.11. The molecular weight excluding hydrogens is 336 g/mol. The number of rotatable bonds is 3. The Labute approximate surface area is 158 Å². The molecule has 0 aliphatic carbocycles. The summed E-state index contributed by atoms with van der Waals surface area (Å²) in [5.41, 5.74) is 5.77. The van der Waals surface area contributed by atoms with Gasteiger partial charge in [0.2, 0.25) is 6.79 Å². The molecule has 0 N–H and O–H groups in total. The fraction of sp³-hybridized carbons (Fsp3) is 0.174. The highest BCUT2D eigenvalue weighted by atomic mass is 16.7. The number of aryl methyl sites for hydroxylation is 1. The molecule has 5 rings (SSSR count). The van der Waals surface area contributed by atoms with Gasteiger partial charge in [0.15, 0.2) is 11.5 Å². The van der Waals surface area contributed by atoms with E-state index in [-0.39, 0.29) is 12.8 Å². The van der Waals surface area contributed by atoms with Gasteiger partial charge in [0.25, 0.3) is 0 Å². The average Bonchev–Trinajstić information content (AvgIpc) is 3.36. The summed E-state index contributed by atoms with van der Waals surface area (Å²) in [7, 11) is 0. The maximum absolute atomic E-state index is 5.59. The van der Waals surface area contributed by atoms with E-state index in [0.29, 0.717) is 0 Å². The highest BCUT2D eigenvalue weighted by molar-refractivity contribution is 6.03. The predicted octanol–water partition coefficient (Wildman–Crippen LogP) is 5.08. The molecule has 1 atom stereocenters. The summed E-state index contributed by atoms with van der Waals surface area (Å²) in [4.78, 5) is 0. The van der Waals surface area contributed by atoms with Crippen molar-refractivity contribution in [2.75, 3.05) is 11.8 Å². The molecule has 3 aromatic rings. The van der Waals surface area contributed by atoms with Crippen molar-refractivity contribution in [3.8, 4) is 11.5 Å². The molecule has 0 saturated heterocycles. The summed E-state index contributed by atoms with van der Waals surface area (Å²) in [6, 6.07) is 25.2. The Balaban J connectivity index is 1.55. The van der Waals surface area contributed by atoms with Crippen LogP contribution < -0.4 is 14.5 Å². The molecule has 4 heteroatoms. The van der Waals surface area contributed by atoms with Crippen LogP contribution in [-0.4, -0.2) is 12.5 Å². The van der Waals surface area contributed by atoms with Crippen LogP contribution >= 0.6 is 0 Å². The zero-order valence-corrected chi connectivity index (χ0v) is 15.1. The smallest absolute Gasteiger partial charge is 0.231 e. The van der Waals surface area contributed by atoms with E-state index < -0.39 is 0 Å². The van der Waals surface area contributed by atoms with Gasteiger partial charge >= 0.3 is 0 Å². The van der Waals surface area contributed by atoms with Crippen molar-refractivity contribution >= 4 is 11.4 Å². The quantitative estimate of drug-likeness (QED) is 0.656. The van der Waals surface area contributed by atoms with Gasteiger partial charge in [-0.3, -0.25) is 5.01 Å². The van der Waals surface area contributed by atoms with E-state index in [2.05, 4.69) is 72.6 Å². The van der Waals surface area contributed by atoms with Gasteiger partial charge in [0, 0.05) is 6.42 Å². The predicted molar refractivity (Wildman–Crippen MR) is 107 cm³/mol. The monoisotopic (exact) mass is 356 g/mol. The minimum Gasteiger partial charge on any atom is -0.454 e. The Kier molecular flexibility index (Phi) is 3.82. The first-order chi connectivity index (χ1) is 13.3. The third-order valence-electron chi connectivity index (χ3n) is 5.10. The van der Waals surface area contributed by atoms with Crippen LogP contribution in [0.15, 0.2) is 77.9 Å². The van der Waals surface area contributed by atoms with Crippen molar-refractivity contribution in [3.63, 3.8) is 0 Å². The topological polar surface area (TPSA) is 34.1 Å². The second-order valence-corrected chi connectivity index (χ2v) is 6.93. The number of hydrogen-bond donors (Lipinski definition) is 0. The Morgan fingerprint density at radius 3 is 2.48 bits per heavy atom. The number of nitrogens with zero attached hydrogens (tertiary/aromatic N) is 2. The molecular formula is C23H20N2O2. The van der Waals surface area contributed by atoms with Crippen LogP contribution in [0.25, 0.3) is 0 Å². The van der Waals surface area contributed by atoms with E-state index >= 15 is 0 Å². The molecule has 0 amide bonds. The van der Waals surface area contributed by atoms with Gasteiger partial charge in [0.1, 0.15) is 0 Å². The van der Waals surface area contributed by atoms with Gasteiger partial charge in [-0.25, -0.2) is 0 Å². The molecule has 134 valence electrons. The molecule has 27 heavy (non-hydrogen) atoms. The Bertz CT molecular complexity index is 997. The highest BCUT2D eigenvalue weighted by Gasteiger charge is 2.31. The van der Waals surface area contributed by atoms with Crippen molar-refractivity contribution in [2.24, 2.45) is 5.10 Å². The first-order valence-corrected chi connectivity index (χ1v) is 9.16. The van der Waals surface area contributed by atoms with Crippen LogP contribution in [0.3, 0.4) is 0 Å². The Morgan fingerprint density at radius 1 is 0.889 bits per heavy atom. The fourth-order valence-electron chi connectivity index (χ4n) is 3.63. The first kappa shape index (κ1) is 15.9. The number of fused-ring (bicyclic) bond motifs is 1. The second-order valence-electron chi connectivity index (χ2n) is 6.93. The van der Waals surface area contributed by atoms with Gasteiger partial charge in [-0.2, -0.15) is 5.10 Å². The molecule has 0 fully saturated rings. The molecule has 0 saturated carbocycles. The summed E-state index contributed by atoms with van der Waals surface area (Å²) >= 11 is 0. The lowest BCUT2D eigenvalue weighted by atomic mass is 9.98. The zero-order valence-electron chi connectivity index (χ0n) is 15.1. The number of anilines is 1. The van der Waals surface area contributed by atoms with Gasteiger partial charge in [-0.05, 0) is 42.3 Å². The van der Waals surface area contributed by atoms with Gasteiger partial charge in [-0.15, -0.1) is 0 Å². The summed E-state index contributed by atoms with van der Waals surface area (Å²) in [6.07, 6.45) is 0.845. The third kappa shape index (κ3) is 2.93. The Morgan fingerprint density at radius 2 is 1.67 bits per heavy atom. The third-order valence-corrected chi connectivity index (χ3v) is 5.10. The molecule has 1 unspecified atom stereocenters. The molecule has 0 radical (unpaired) electrons. The van der Waals surface area contributed by atoms with Gasteiger partial charge in [-0.1, -0.05) is 54.1 Å². The number of ether oxygens (including phenoxy) is 2. The summed E-state index contributed by atoms with van der Waals surface area (Å²) in [6.45, 7) is 2.39. The lowest BCUT2D eigenvalue weighted by molar-refractivity contribution is 0.174. The maximum atomic E-state index is 5.59. The van der Waals surface area contributed by atoms with Crippen LogP contribution in [-0.2, 0) is 0 Å². The molecule has 0 aromatic heterocycles. The van der Waals surface area contributed by atoms with Crippen LogP contribution in [0.4, 0.5) is 5.69 Å². The van der Waals surface area contributed by atoms with Gasteiger partial charge in [0.05, 0.1) is 17.4 Å². The molecule has 0 bridgehead atoms. The first-order valence-electron chi connectivity index (χ1n) is 9.16. The number of hydrogen-bond acceptors (Lipinski definition) is 4. The Hall–Kier alpha value is -3.27. The van der Waals surface area contributed by atoms with Crippen molar-refractivity contribution < 1.29 is 9.47 Å². The van der Waals surface area contributed by atoms with E-state index in [9.17, 15) is 0 Å². The van der Waals surface area contributed by atoms with Crippen LogP contribution in [0.5, 0.6) is 11.5 Å². The lowest BCUT2D eigenvalue weighted by Crippen LogP contribution is -2.18. The molecule has 2 aliphatic rings. The van der Waals surface area contributed by atoms with E-state index in [1.165, 1.54) is 11.1 Å². The normalized spacial score (nSPS) is 17.9. The molecule has 2 aliphatic heterocycles. The summed E-state index contributed by atoms with van der Waals surface area (Å²) in [5.74, 6) is 1.62. The highest BCUT2D eigenvalue weighted by Crippen LogP contribution is 2.41. The molecule has 2 heterocycles. The maximum Gasteiger partial charge on any atom is 0.231 e. The zero-order chi connectivity index (χ0) is 18.2. The van der Waals surface area contributed by atoms with Crippen LogP contribution in [0, 0.1) is 6.92 Å². The second kappa shape index (κ2) is 6.47. The minimum atomic E-state index is 0.123.